The van der Waals surface area contributed by atoms with E-state index in [1.165, 1.54) is 36.4 Å². The van der Waals surface area contributed by atoms with Crippen molar-refractivity contribution in [3.63, 3.8) is 0 Å². The van der Waals surface area contributed by atoms with E-state index in [0.717, 1.165) is 0 Å². The number of benzene rings is 3. The van der Waals surface area contributed by atoms with Gasteiger partial charge in [-0.1, -0.05) is 24.3 Å². The van der Waals surface area contributed by atoms with E-state index in [4.69, 9.17) is 9.84 Å². The third-order valence-electron chi connectivity index (χ3n) is 5.96. The molecule has 3 aromatic rings. The lowest BCUT2D eigenvalue weighted by Crippen LogP contribution is -2.67. The van der Waals surface area contributed by atoms with Crippen molar-refractivity contribution in [2.24, 2.45) is 5.92 Å². The number of amides is 1. The number of rotatable bonds is 9. The van der Waals surface area contributed by atoms with Crippen molar-refractivity contribution in [2.45, 2.75) is 18.4 Å². The number of halogens is 2. The zero-order chi connectivity index (χ0) is 24.3. The summed E-state index contributed by atoms with van der Waals surface area (Å²) in [7, 11) is 0. The van der Waals surface area contributed by atoms with Gasteiger partial charge in [-0.2, -0.15) is 0 Å². The minimum Gasteiger partial charge on any atom is -0.482 e. The molecule has 1 aliphatic heterocycles. The van der Waals surface area contributed by atoms with Crippen LogP contribution in [-0.4, -0.2) is 29.4 Å². The first-order valence-corrected chi connectivity index (χ1v) is 10.6. The van der Waals surface area contributed by atoms with Crippen LogP contribution in [0.25, 0.3) is 0 Å². The van der Waals surface area contributed by atoms with Crippen LogP contribution in [0.4, 0.5) is 8.78 Å². The molecule has 1 heterocycles. The van der Waals surface area contributed by atoms with Crippen LogP contribution in [0.1, 0.15) is 34.3 Å². The number of ether oxygens (including phenoxy) is 1. The first kappa shape index (κ1) is 23.1. The molecule has 0 radical (unpaired) electrons. The number of Topliss-reactive ketones (excluding diaryl/α,β-unsaturated/α-hetero) is 1. The monoisotopic (exact) mass is 465 g/mol. The lowest BCUT2D eigenvalue weighted by molar-refractivity contribution is -0.141. The fourth-order valence-corrected chi connectivity index (χ4v) is 4.28. The Morgan fingerprint density at radius 3 is 1.94 bits per heavy atom. The fraction of sp³-hybridized carbons (Fsp3) is 0.192. The molecule has 1 aliphatic rings. The van der Waals surface area contributed by atoms with Crippen LogP contribution < -0.4 is 10.1 Å². The summed E-state index contributed by atoms with van der Waals surface area (Å²) >= 11 is 0. The molecule has 0 bridgehead atoms. The number of carbonyl (C=O) groups is 3. The van der Waals surface area contributed by atoms with Crippen molar-refractivity contribution in [3.05, 3.63) is 101 Å². The first-order valence-electron chi connectivity index (χ1n) is 10.6. The second kappa shape index (κ2) is 9.43. The number of ketones is 1. The molecular formula is C26H21F2NO5. The van der Waals surface area contributed by atoms with Crippen LogP contribution in [0.2, 0.25) is 0 Å². The molecule has 2 atom stereocenters. The molecule has 2 N–H and O–H groups in total. The smallest absolute Gasteiger partial charge is 0.341 e. The highest BCUT2D eigenvalue weighted by Gasteiger charge is 2.55. The Kier molecular flexibility index (Phi) is 6.40. The van der Waals surface area contributed by atoms with Gasteiger partial charge in [0.05, 0.1) is 5.92 Å². The average Bonchev–Trinajstić information content (AvgIpc) is 2.82. The summed E-state index contributed by atoms with van der Waals surface area (Å²) in [5.74, 6) is -2.72. The molecule has 4 rings (SSSR count). The topological polar surface area (TPSA) is 92.7 Å². The summed E-state index contributed by atoms with van der Waals surface area (Å²) in [5, 5.41) is 11.7. The molecule has 0 saturated carbocycles. The summed E-state index contributed by atoms with van der Waals surface area (Å²) in [6.45, 7) is -0.493. The molecule has 0 aliphatic carbocycles. The summed E-state index contributed by atoms with van der Waals surface area (Å²) in [6, 6.07) is 17.6. The molecule has 1 amide bonds. The molecule has 0 unspecified atom stereocenters. The molecule has 6 nitrogen and oxygen atoms in total. The summed E-state index contributed by atoms with van der Waals surface area (Å²) < 4.78 is 32.0. The van der Waals surface area contributed by atoms with Crippen molar-refractivity contribution in [2.75, 3.05) is 6.61 Å². The minimum atomic E-state index is -1.11. The maximum Gasteiger partial charge on any atom is 0.341 e. The number of hydrogen-bond acceptors (Lipinski definition) is 4. The van der Waals surface area contributed by atoms with Gasteiger partial charge in [-0.15, -0.1) is 0 Å². The molecule has 174 valence electrons. The van der Waals surface area contributed by atoms with E-state index in [1.807, 2.05) is 0 Å². The lowest BCUT2D eigenvalue weighted by atomic mass is 9.65. The molecule has 8 heteroatoms. The zero-order valence-electron chi connectivity index (χ0n) is 18.0. The Bertz CT molecular complexity index is 1210. The van der Waals surface area contributed by atoms with Crippen LogP contribution in [0.5, 0.6) is 5.75 Å². The number of hydrogen-bond donors (Lipinski definition) is 2. The summed E-state index contributed by atoms with van der Waals surface area (Å²) in [4.78, 5) is 36.0. The SMILES string of the molecule is O=C(O)COc1ccc([C@@]2(c3ccc(F)cc3)NC(=O)[C@@H]2CCC(=O)c2ccc(F)cc2)cc1. The van der Waals surface area contributed by atoms with Gasteiger partial charge in [-0.05, 0) is 66.1 Å². The van der Waals surface area contributed by atoms with Crippen molar-refractivity contribution in [3.8, 4) is 5.75 Å². The Morgan fingerprint density at radius 2 is 1.41 bits per heavy atom. The van der Waals surface area contributed by atoms with Gasteiger partial charge in [0, 0.05) is 12.0 Å². The lowest BCUT2D eigenvalue weighted by Gasteiger charge is -2.50. The van der Waals surface area contributed by atoms with E-state index in [-0.39, 0.29) is 24.5 Å². The van der Waals surface area contributed by atoms with Gasteiger partial charge < -0.3 is 15.2 Å². The van der Waals surface area contributed by atoms with Gasteiger partial charge in [0.1, 0.15) is 22.9 Å². The van der Waals surface area contributed by atoms with Crippen molar-refractivity contribution >= 4 is 17.7 Å². The van der Waals surface area contributed by atoms with E-state index in [1.54, 1.807) is 36.4 Å². The van der Waals surface area contributed by atoms with Gasteiger partial charge in [0.15, 0.2) is 12.4 Å². The predicted octanol–water partition coefficient (Wildman–Crippen LogP) is 4.08. The number of carbonyl (C=O) groups excluding carboxylic acids is 2. The van der Waals surface area contributed by atoms with Gasteiger partial charge in [0.2, 0.25) is 5.91 Å². The fourth-order valence-electron chi connectivity index (χ4n) is 4.28. The van der Waals surface area contributed by atoms with Crippen molar-refractivity contribution in [1.29, 1.82) is 0 Å². The number of β-lactam (4-membered cyclic amide) rings is 1. The van der Waals surface area contributed by atoms with Crippen molar-refractivity contribution in [1.82, 2.24) is 5.32 Å². The molecule has 1 saturated heterocycles. The van der Waals surface area contributed by atoms with Crippen LogP contribution >= 0.6 is 0 Å². The summed E-state index contributed by atoms with van der Waals surface area (Å²) in [5.41, 5.74) is 0.681. The number of aliphatic carboxylic acids is 1. The van der Waals surface area contributed by atoms with Gasteiger partial charge in [-0.25, -0.2) is 13.6 Å². The van der Waals surface area contributed by atoms with E-state index in [0.29, 0.717) is 22.4 Å². The highest BCUT2D eigenvalue weighted by Crippen LogP contribution is 2.46. The number of nitrogens with one attached hydrogen (secondary N) is 1. The highest BCUT2D eigenvalue weighted by molar-refractivity contribution is 5.97. The van der Waals surface area contributed by atoms with Crippen LogP contribution in [0.3, 0.4) is 0 Å². The number of carboxylic acid groups (broad SMARTS) is 1. The normalized spacial score (nSPS) is 19.1. The maximum atomic E-state index is 13.6. The Hall–Kier alpha value is -4.07. The molecule has 0 spiro atoms. The first-order chi connectivity index (χ1) is 16.3. The van der Waals surface area contributed by atoms with Gasteiger partial charge >= 0.3 is 5.97 Å². The van der Waals surface area contributed by atoms with Crippen LogP contribution in [-0.2, 0) is 15.1 Å². The third-order valence-corrected chi connectivity index (χ3v) is 5.96. The van der Waals surface area contributed by atoms with Gasteiger partial charge in [0.25, 0.3) is 0 Å². The van der Waals surface area contributed by atoms with Crippen LogP contribution in [0, 0.1) is 17.6 Å². The molecule has 0 aromatic heterocycles. The predicted molar refractivity (Wildman–Crippen MR) is 118 cm³/mol. The van der Waals surface area contributed by atoms with Crippen molar-refractivity contribution < 1.29 is 33.0 Å². The Balaban J connectivity index is 1.62. The van der Waals surface area contributed by atoms with Crippen LogP contribution in [0.15, 0.2) is 72.8 Å². The molecule has 34 heavy (non-hydrogen) atoms. The largest absolute Gasteiger partial charge is 0.482 e. The highest BCUT2D eigenvalue weighted by atomic mass is 19.1. The zero-order valence-corrected chi connectivity index (χ0v) is 18.0. The number of carboxylic acids is 1. The Labute approximate surface area is 194 Å². The maximum absolute atomic E-state index is 13.6. The van der Waals surface area contributed by atoms with E-state index >= 15 is 0 Å². The van der Waals surface area contributed by atoms with Gasteiger partial charge in [-0.3, -0.25) is 9.59 Å². The molecule has 1 fully saturated rings. The van der Waals surface area contributed by atoms with E-state index in [9.17, 15) is 23.2 Å². The minimum absolute atomic E-state index is 0.0620. The second-order valence-electron chi connectivity index (χ2n) is 8.03. The van der Waals surface area contributed by atoms with E-state index in [2.05, 4.69) is 5.32 Å². The second-order valence-corrected chi connectivity index (χ2v) is 8.03. The summed E-state index contributed by atoms with van der Waals surface area (Å²) in [6.07, 6.45) is 0.281. The quantitative estimate of drug-likeness (QED) is 0.367. The average molecular weight is 465 g/mol. The van der Waals surface area contributed by atoms with E-state index < -0.39 is 35.7 Å². The Morgan fingerprint density at radius 1 is 0.882 bits per heavy atom. The third kappa shape index (κ3) is 4.52. The molecular weight excluding hydrogens is 444 g/mol. The standard InChI is InChI=1S/C26H21F2NO5/c27-19-7-1-16(2-8-19)23(30)14-13-22-25(33)29-26(22,17-3-9-20(28)10-4-17)18-5-11-21(12-6-18)34-15-24(31)32/h1-12,22H,13-15H2,(H,29,33)(H,31,32)/t22-,26+/m0/s1. The molecule has 3 aromatic carbocycles.